The zero-order valence-electron chi connectivity index (χ0n) is 11.9. The van der Waals surface area contributed by atoms with Crippen LogP contribution in [0, 0.1) is 5.82 Å². The van der Waals surface area contributed by atoms with Gasteiger partial charge in [0.25, 0.3) is 0 Å². The number of halogens is 1. The van der Waals surface area contributed by atoms with Gasteiger partial charge in [-0.3, -0.25) is 0 Å². The van der Waals surface area contributed by atoms with Crippen molar-refractivity contribution in [1.29, 1.82) is 0 Å². The molecule has 0 fully saturated rings. The highest BCUT2D eigenvalue weighted by molar-refractivity contribution is 7.94. The van der Waals surface area contributed by atoms with E-state index in [9.17, 15) is 12.8 Å². The largest absolute Gasteiger partial charge is 0.360 e. The first-order valence-corrected chi connectivity index (χ1v) is 8.72. The summed E-state index contributed by atoms with van der Waals surface area (Å²) in [6.07, 6.45) is 1.70. The number of para-hydroxylation sites is 1. The van der Waals surface area contributed by atoms with E-state index in [4.69, 9.17) is 0 Å². The van der Waals surface area contributed by atoms with Crippen molar-refractivity contribution < 1.29 is 12.8 Å². The van der Waals surface area contributed by atoms with Crippen LogP contribution in [0.15, 0.2) is 66.1 Å². The molecule has 3 nitrogen and oxygen atoms in total. The molecular formula is C17H16FNO2S. The number of anilines is 1. The second kappa shape index (κ2) is 5.93. The molecule has 0 N–H and O–H groups in total. The zero-order valence-corrected chi connectivity index (χ0v) is 12.7. The van der Waals surface area contributed by atoms with Crippen molar-refractivity contribution in [3.05, 3.63) is 77.5 Å². The number of rotatable bonds is 4. The third-order valence-electron chi connectivity index (χ3n) is 3.64. The fraction of sp³-hybridized carbons (Fsp3) is 0.176. The summed E-state index contributed by atoms with van der Waals surface area (Å²) in [4.78, 5) is 1.98. The number of nitrogens with zero attached hydrogens (tertiary/aromatic N) is 1. The summed E-state index contributed by atoms with van der Waals surface area (Å²) in [5.41, 5.74) is 1.72. The van der Waals surface area contributed by atoms with Crippen LogP contribution in [0.3, 0.4) is 0 Å². The molecule has 1 aliphatic rings. The van der Waals surface area contributed by atoms with Gasteiger partial charge < -0.3 is 4.90 Å². The minimum Gasteiger partial charge on any atom is -0.360 e. The second-order valence-electron chi connectivity index (χ2n) is 5.32. The van der Waals surface area contributed by atoms with Gasteiger partial charge in [-0.05, 0) is 35.9 Å². The van der Waals surface area contributed by atoms with E-state index in [2.05, 4.69) is 0 Å². The molecule has 1 aliphatic heterocycles. The van der Waals surface area contributed by atoms with Crippen molar-refractivity contribution in [2.24, 2.45) is 0 Å². The Balaban J connectivity index is 1.92. The molecule has 22 heavy (non-hydrogen) atoms. The highest BCUT2D eigenvalue weighted by Gasteiger charge is 2.27. The molecule has 1 heterocycles. The topological polar surface area (TPSA) is 37.4 Å². The Labute approximate surface area is 129 Å². The summed E-state index contributed by atoms with van der Waals surface area (Å²) < 4.78 is 36.8. The summed E-state index contributed by atoms with van der Waals surface area (Å²) in [5, 5.41) is 1.26. The van der Waals surface area contributed by atoms with Crippen molar-refractivity contribution in [3.63, 3.8) is 0 Å². The lowest BCUT2D eigenvalue weighted by atomic mass is 10.1. The number of benzene rings is 2. The van der Waals surface area contributed by atoms with Crippen LogP contribution in [0.5, 0.6) is 0 Å². The molecular weight excluding hydrogens is 301 g/mol. The molecule has 5 heteroatoms. The predicted molar refractivity (Wildman–Crippen MR) is 85.7 cm³/mol. The maximum atomic E-state index is 13.4. The van der Waals surface area contributed by atoms with Crippen molar-refractivity contribution >= 4 is 15.5 Å². The summed E-state index contributed by atoms with van der Waals surface area (Å²) in [7, 11) is -3.15. The smallest absolute Gasteiger partial charge is 0.173 e. The number of hydrogen-bond donors (Lipinski definition) is 0. The van der Waals surface area contributed by atoms with Gasteiger partial charge >= 0.3 is 0 Å². The van der Waals surface area contributed by atoms with Gasteiger partial charge in [-0.25, -0.2) is 12.8 Å². The molecule has 2 aromatic rings. The van der Waals surface area contributed by atoms with Crippen LogP contribution in [-0.4, -0.2) is 20.2 Å². The first kappa shape index (κ1) is 14.8. The van der Waals surface area contributed by atoms with Gasteiger partial charge in [0.1, 0.15) is 5.82 Å². The van der Waals surface area contributed by atoms with Gasteiger partial charge in [-0.1, -0.05) is 30.3 Å². The third kappa shape index (κ3) is 3.36. The molecule has 1 atom stereocenters. The van der Waals surface area contributed by atoms with E-state index in [1.165, 1.54) is 17.5 Å². The zero-order chi connectivity index (χ0) is 15.6. The molecule has 0 saturated heterocycles. The molecule has 0 amide bonds. The van der Waals surface area contributed by atoms with Crippen LogP contribution in [0.4, 0.5) is 10.1 Å². The molecule has 0 radical (unpaired) electrons. The number of sulfone groups is 1. The van der Waals surface area contributed by atoms with Crippen LogP contribution in [0.1, 0.15) is 5.56 Å². The fourth-order valence-electron chi connectivity index (χ4n) is 2.60. The average molecular weight is 317 g/mol. The SMILES string of the molecule is O=S1(=O)C=C[C@@H](N(Cc2cccc(F)c2)c2ccccc2)C1. The minimum absolute atomic E-state index is 0.0528. The van der Waals surface area contributed by atoms with E-state index in [-0.39, 0.29) is 17.6 Å². The quantitative estimate of drug-likeness (QED) is 0.869. The van der Waals surface area contributed by atoms with E-state index in [1.54, 1.807) is 12.1 Å². The van der Waals surface area contributed by atoms with Crippen molar-refractivity contribution in [3.8, 4) is 0 Å². The standard InChI is InChI=1S/C17H16FNO2S/c18-15-6-4-5-14(11-15)12-19(16-7-2-1-3-8-16)17-9-10-22(20,21)13-17/h1-11,17H,12-13H2/t17-/m1/s1. The maximum Gasteiger partial charge on any atom is 0.173 e. The minimum atomic E-state index is -3.15. The van der Waals surface area contributed by atoms with Gasteiger partial charge in [0, 0.05) is 17.6 Å². The molecule has 2 aromatic carbocycles. The summed E-state index contributed by atoms with van der Waals surface area (Å²) >= 11 is 0. The van der Waals surface area contributed by atoms with Crippen LogP contribution in [-0.2, 0) is 16.4 Å². The lowest BCUT2D eigenvalue weighted by Gasteiger charge is -2.30. The van der Waals surface area contributed by atoms with Crippen molar-refractivity contribution in [2.45, 2.75) is 12.6 Å². The first-order valence-electron chi connectivity index (χ1n) is 7.01. The molecule has 0 bridgehead atoms. The Bertz CT molecular complexity index is 787. The van der Waals surface area contributed by atoms with Gasteiger partial charge in [0.05, 0.1) is 11.8 Å². The van der Waals surface area contributed by atoms with Crippen LogP contribution in [0.25, 0.3) is 0 Å². The highest BCUT2D eigenvalue weighted by Crippen LogP contribution is 2.24. The van der Waals surface area contributed by atoms with E-state index >= 15 is 0 Å². The summed E-state index contributed by atoms with van der Waals surface area (Å²) in [6.45, 7) is 0.451. The third-order valence-corrected chi connectivity index (χ3v) is 5.02. The fourth-order valence-corrected chi connectivity index (χ4v) is 3.90. The van der Waals surface area contributed by atoms with Gasteiger partial charge in [-0.15, -0.1) is 0 Å². The maximum absolute atomic E-state index is 13.4. The molecule has 0 unspecified atom stereocenters. The molecule has 0 spiro atoms. The molecule has 0 aliphatic carbocycles. The Morgan fingerprint density at radius 3 is 2.50 bits per heavy atom. The lowest BCUT2D eigenvalue weighted by molar-refractivity contribution is 0.600. The van der Waals surface area contributed by atoms with Crippen LogP contribution in [0.2, 0.25) is 0 Å². The van der Waals surface area contributed by atoms with E-state index in [0.29, 0.717) is 6.54 Å². The number of hydrogen-bond acceptors (Lipinski definition) is 3. The van der Waals surface area contributed by atoms with Crippen molar-refractivity contribution in [1.82, 2.24) is 0 Å². The summed E-state index contributed by atoms with van der Waals surface area (Å²) in [6, 6.07) is 15.7. The van der Waals surface area contributed by atoms with Gasteiger partial charge in [0.15, 0.2) is 9.84 Å². The predicted octanol–water partition coefficient (Wildman–Crippen LogP) is 3.14. The normalized spacial score (nSPS) is 19.2. The second-order valence-corrected chi connectivity index (χ2v) is 7.25. The van der Waals surface area contributed by atoms with Crippen molar-refractivity contribution in [2.75, 3.05) is 10.7 Å². The van der Waals surface area contributed by atoms with Gasteiger partial charge in [-0.2, -0.15) is 0 Å². The van der Waals surface area contributed by atoms with Crippen LogP contribution < -0.4 is 4.90 Å². The molecule has 114 valence electrons. The Morgan fingerprint density at radius 2 is 1.86 bits per heavy atom. The Morgan fingerprint density at radius 1 is 1.09 bits per heavy atom. The van der Waals surface area contributed by atoms with Crippen LogP contribution >= 0.6 is 0 Å². The van der Waals surface area contributed by atoms with E-state index < -0.39 is 9.84 Å². The Hall–Kier alpha value is -2.14. The Kier molecular flexibility index (Phi) is 3.98. The first-order chi connectivity index (χ1) is 10.5. The average Bonchev–Trinajstić information content (AvgIpc) is 2.86. The highest BCUT2D eigenvalue weighted by atomic mass is 32.2. The molecule has 0 aromatic heterocycles. The van der Waals surface area contributed by atoms with E-state index in [0.717, 1.165) is 11.3 Å². The molecule has 3 rings (SSSR count). The monoisotopic (exact) mass is 317 g/mol. The van der Waals surface area contributed by atoms with Gasteiger partial charge in [0.2, 0.25) is 0 Å². The van der Waals surface area contributed by atoms with E-state index in [1.807, 2.05) is 41.3 Å². The summed E-state index contributed by atoms with van der Waals surface area (Å²) in [5.74, 6) is -0.239. The molecule has 0 saturated carbocycles. The lowest BCUT2D eigenvalue weighted by Crippen LogP contribution is -2.35.